The van der Waals surface area contributed by atoms with E-state index >= 15 is 0 Å². The average Bonchev–Trinajstić information content (AvgIpc) is 2.40. The predicted molar refractivity (Wildman–Crippen MR) is 84.2 cm³/mol. The third-order valence-electron chi connectivity index (χ3n) is 2.38. The van der Waals surface area contributed by atoms with Crippen LogP contribution in [0.3, 0.4) is 0 Å². The van der Waals surface area contributed by atoms with Crippen molar-refractivity contribution in [3.8, 4) is 15.9 Å². The second-order valence-corrected chi connectivity index (χ2v) is 4.93. The molecule has 19 heavy (non-hydrogen) atoms. The standard InChI is InChI=1S/C15H13IN2O/c1-15(2,8-9-16)18-11-13(10-17)14(19)12-6-4-3-5-7-12/h3-7,11,13H,1-2H3. The fourth-order valence-electron chi connectivity index (χ4n) is 1.35. The lowest BCUT2D eigenvalue weighted by Gasteiger charge is -2.11. The zero-order chi connectivity index (χ0) is 14.3. The molecule has 3 nitrogen and oxygen atoms in total. The first-order valence-electron chi connectivity index (χ1n) is 5.67. The number of aliphatic imine (C=N–C) groups is 1. The number of benzene rings is 1. The van der Waals surface area contributed by atoms with Gasteiger partial charge in [0.2, 0.25) is 0 Å². The molecule has 0 fully saturated rings. The van der Waals surface area contributed by atoms with Crippen LogP contribution in [0.2, 0.25) is 0 Å². The van der Waals surface area contributed by atoms with E-state index in [0.717, 1.165) is 0 Å². The maximum atomic E-state index is 12.1. The highest BCUT2D eigenvalue weighted by molar-refractivity contribution is 14.1. The fraction of sp³-hybridized carbons (Fsp3) is 0.267. The van der Waals surface area contributed by atoms with Crippen molar-refractivity contribution in [1.29, 1.82) is 5.26 Å². The molecule has 0 amide bonds. The van der Waals surface area contributed by atoms with Crippen molar-refractivity contribution in [3.63, 3.8) is 0 Å². The second-order valence-electron chi connectivity index (χ2n) is 4.39. The van der Waals surface area contributed by atoms with Crippen molar-refractivity contribution in [2.45, 2.75) is 19.4 Å². The van der Waals surface area contributed by atoms with Gasteiger partial charge in [-0.2, -0.15) is 5.26 Å². The summed E-state index contributed by atoms with van der Waals surface area (Å²) in [5.74, 6) is 1.78. The summed E-state index contributed by atoms with van der Waals surface area (Å²) >= 11 is 1.93. The second kappa shape index (κ2) is 7.06. The summed E-state index contributed by atoms with van der Waals surface area (Å²) in [5, 5.41) is 9.08. The number of ketones is 1. The number of hydrogen-bond acceptors (Lipinski definition) is 3. The van der Waals surface area contributed by atoms with Gasteiger partial charge in [-0.05, 0) is 17.8 Å². The Morgan fingerprint density at radius 1 is 1.42 bits per heavy atom. The molecule has 1 unspecified atom stereocenters. The number of hydrogen-bond donors (Lipinski definition) is 0. The van der Waals surface area contributed by atoms with E-state index in [1.807, 2.05) is 48.6 Å². The molecule has 1 aromatic rings. The van der Waals surface area contributed by atoms with Crippen molar-refractivity contribution < 1.29 is 4.79 Å². The van der Waals surface area contributed by atoms with E-state index in [1.165, 1.54) is 6.21 Å². The normalized spacial score (nSPS) is 12.3. The Bertz CT molecular complexity index is 574. The van der Waals surface area contributed by atoms with Crippen LogP contribution in [0, 0.1) is 27.1 Å². The van der Waals surface area contributed by atoms with Gasteiger partial charge in [0.05, 0.1) is 6.07 Å². The lowest BCUT2D eigenvalue weighted by Crippen LogP contribution is -2.19. The van der Waals surface area contributed by atoms with Gasteiger partial charge in [0, 0.05) is 34.4 Å². The van der Waals surface area contributed by atoms with Crippen LogP contribution in [0.1, 0.15) is 24.2 Å². The number of nitrogens with zero attached hydrogens (tertiary/aromatic N) is 2. The van der Waals surface area contributed by atoms with Crippen molar-refractivity contribution >= 4 is 34.6 Å². The predicted octanol–water partition coefficient (Wildman–Crippen LogP) is 3.25. The van der Waals surface area contributed by atoms with Gasteiger partial charge in [-0.15, -0.1) is 0 Å². The van der Waals surface area contributed by atoms with E-state index in [2.05, 4.69) is 14.8 Å². The number of carbonyl (C=O) groups is 1. The van der Waals surface area contributed by atoms with E-state index in [4.69, 9.17) is 5.26 Å². The van der Waals surface area contributed by atoms with Gasteiger partial charge in [-0.1, -0.05) is 36.3 Å². The summed E-state index contributed by atoms with van der Waals surface area (Å²) < 4.78 is 2.75. The Hall–Kier alpha value is -1.66. The monoisotopic (exact) mass is 364 g/mol. The van der Waals surface area contributed by atoms with Gasteiger partial charge in [0.15, 0.2) is 5.78 Å². The summed E-state index contributed by atoms with van der Waals surface area (Å²) in [4.78, 5) is 16.3. The zero-order valence-corrected chi connectivity index (χ0v) is 12.9. The van der Waals surface area contributed by atoms with Crippen molar-refractivity contribution in [2.24, 2.45) is 10.9 Å². The minimum absolute atomic E-state index is 0.245. The largest absolute Gasteiger partial charge is 0.292 e. The molecule has 0 radical (unpaired) electrons. The lowest BCUT2D eigenvalue weighted by atomic mass is 9.99. The maximum absolute atomic E-state index is 12.1. The third-order valence-corrected chi connectivity index (χ3v) is 2.65. The molecular formula is C15H13IN2O. The highest BCUT2D eigenvalue weighted by Gasteiger charge is 2.19. The SMILES string of the molecule is CC(C)(C#CI)N=CC(C#N)C(=O)c1ccccc1. The molecule has 1 aromatic carbocycles. The fourth-order valence-corrected chi connectivity index (χ4v) is 2.01. The Labute approximate surface area is 126 Å². The molecule has 0 heterocycles. The van der Waals surface area contributed by atoms with Crippen LogP contribution < -0.4 is 0 Å². The Morgan fingerprint density at radius 3 is 2.58 bits per heavy atom. The highest BCUT2D eigenvalue weighted by atomic mass is 127. The molecule has 4 heteroatoms. The molecule has 0 aliphatic heterocycles. The topological polar surface area (TPSA) is 53.2 Å². The first-order chi connectivity index (χ1) is 9.00. The Balaban J connectivity index is 2.91. The zero-order valence-electron chi connectivity index (χ0n) is 10.7. The highest BCUT2D eigenvalue weighted by Crippen LogP contribution is 2.11. The van der Waals surface area contributed by atoms with E-state index in [-0.39, 0.29) is 5.78 Å². The summed E-state index contributed by atoms with van der Waals surface area (Å²) in [7, 11) is 0. The molecule has 1 rings (SSSR count). The lowest BCUT2D eigenvalue weighted by molar-refractivity contribution is 0.0976. The van der Waals surface area contributed by atoms with Gasteiger partial charge in [0.25, 0.3) is 0 Å². The van der Waals surface area contributed by atoms with Crippen molar-refractivity contribution in [1.82, 2.24) is 0 Å². The van der Waals surface area contributed by atoms with Gasteiger partial charge in [-0.3, -0.25) is 9.79 Å². The Morgan fingerprint density at radius 2 is 2.05 bits per heavy atom. The number of Topliss-reactive ketones (excluding diaryl/α,β-unsaturated/α-hetero) is 1. The van der Waals surface area contributed by atoms with Crippen LogP contribution in [-0.2, 0) is 0 Å². The molecule has 0 N–H and O–H groups in total. The first kappa shape index (κ1) is 15.4. The number of nitriles is 1. The van der Waals surface area contributed by atoms with Crippen LogP contribution in [0.25, 0.3) is 0 Å². The smallest absolute Gasteiger partial charge is 0.185 e. The maximum Gasteiger partial charge on any atom is 0.185 e. The molecule has 0 aliphatic rings. The van der Waals surface area contributed by atoms with Crippen molar-refractivity contribution in [3.05, 3.63) is 35.9 Å². The molecule has 0 bridgehead atoms. The first-order valence-corrected chi connectivity index (χ1v) is 6.75. The van der Waals surface area contributed by atoms with E-state index in [0.29, 0.717) is 5.56 Å². The quantitative estimate of drug-likeness (QED) is 0.356. The molecular weight excluding hydrogens is 351 g/mol. The minimum Gasteiger partial charge on any atom is -0.292 e. The van der Waals surface area contributed by atoms with Crippen LogP contribution in [0.15, 0.2) is 35.3 Å². The van der Waals surface area contributed by atoms with Gasteiger partial charge in [-0.25, -0.2) is 0 Å². The average molecular weight is 364 g/mol. The molecule has 1 atom stereocenters. The van der Waals surface area contributed by atoms with Gasteiger partial charge >= 0.3 is 0 Å². The summed E-state index contributed by atoms with van der Waals surface area (Å²) in [6, 6.07) is 10.7. The summed E-state index contributed by atoms with van der Waals surface area (Å²) in [6.45, 7) is 3.66. The molecule has 96 valence electrons. The van der Waals surface area contributed by atoms with Crippen LogP contribution in [0.5, 0.6) is 0 Å². The van der Waals surface area contributed by atoms with Gasteiger partial charge in [0.1, 0.15) is 11.5 Å². The Kier molecular flexibility index (Phi) is 5.72. The molecule has 0 aliphatic carbocycles. The molecule has 0 aromatic heterocycles. The number of carbonyl (C=O) groups excluding carboxylic acids is 1. The van der Waals surface area contributed by atoms with Crippen LogP contribution in [-0.4, -0.2) is 17.5 Å². The summed E-state index contributed by atoms with van der Waals surface area (Å²) in [6.07, 6.45) is 1.39. The molecule has 0 saturated carbocycles. The number of rotatable bonds is 4. The van der Waals surface area contributed by atoms with E-state index in [9.17, 15) is 4.79 Å². The molecule has 0 saturated heterocycles. The van der Waals surface area contributed by atoms with E-state index in [1.54, 1.807) is 24.3 Å². The number of halogens is 1. The molecule has 0 spiro atoms. The van der Waals surface area contributed by atoms with Crippen LogP contribution >= 0.6 is 22.6 Å². The van der Waals surface area contributed by atoms with Crippen molar-refractivity contribution in [2.75, 3.05) is 0 Å². The van der Waals surface area contributed by atoms with E-state index < -0.39 is 11.5 Å². The van der Waals surface area contributed by atoms with Gasteiger partial charge < -0.3 is 0 Å². The van der Waals surface area contributed by atoms with Crippen LogP contribution in [0.4, 0.5) is 0 Å². The summed E-state index contributed by atoms with van der Waals surface area (Å²) in [5.41, 5.74) is -0.0777. The third kappa shape index (κ3) is 4.84. The minimum atomic E-state index is -0.877.